The van der Waals surface area contributed by atoms with Gasteiger partial charge in [-0.2, -0.15) is 0 Å². The minimum absolute atomic E-state index is 0. The third kappa shape index (κ3) is 5.39. The van der Waals surface area contributed by atoms with E-state index in [2.05, 4.69) is 12.2 Å². The van der Waals surface area contributed by atoms with Crippen LogP contribution in [-0.2, 0) is 9.53 Å². The minimum atomic E-state index is -0.618. The Hall–Kier alpha value is -0.320. The fourth-order valence-corrected chi connectivity index (χ4v) is 3.91. The molecule has 0 saturated heterocycles. The molecule has 130 valence electrons. The van der Waals surface area contributed by atoms with Crippen molar-refractivity contribution in [2.24, 2.45) is 11.7 Å². The van der Waals surface area contributed by atoms with E-state index in [1.165, 1.54) is 32.1 Å². The van der Waals surface area contributed by atoms with E-state index < -0.39 is 5.54 Å². The Morgan fingerprint density at radius 3 is 2.45 bits per heavy atom. The van der Waals surface area contributed by atoms with Crippen molar-refractivity contribution in [3.05, 3.63) is 0 Å². The summed E-state index contributed by atoms with van der Waals surface area (Å²) in [5, 5.41) is 3.06. The summed E-state index contributed by atoms with van der Waals surface area (Å²) in [6.45, 7) is 3.51. The fourth-order valence-electron chi connectivity index (χ4n) is 3.91. The fraction of sp³-hybridized carbons (Fsp3) is 0.941. The van der Waals surface area contributed by atoms with E-state index in [9.17, 15) is 4.79 Å². The van der Waals surface area contributed by atoms with E-state index in [0.717, 1.165) is 38.7 Å². The molecule has 2 fully saturated rings. The van der Waals surface area contributed by atoms with E-state index in [1.807, 2.05) is 0 Å². The van der Waals surface area contributed by atoms with Gasteiger partial charge in [0.05, 0.1) is 11.6 Å². The first kappa shape index (κ1) is 19.7. The molecule has 22 heavy (non-hydrogen) atoms. The Morgan fingerprint density at radius 1 is 1.23 bits per heavy atom. The highest BCUT2D eigenvalue weighted by Crippen LogP contribution is 2.31. The lowest BCUT2D eigenvalue weighted by molar-refractivity contribution is -0.127. The smallest absolute Gasteiger partial charge is 0.240 e. The molecule has 0 aromatic carbocycles. The van der Waals surface area contributed by atoms with Crippen LogP contribution in [0.3, 0.4) is 0 Å². The number of ether oxygens (including phenoxy) is 1. The van der Waals surface area contributed by atoms with Gasteiger partial charge >= 0.3 is 0 Å². The Morgan fingerprint density at radius 2 is 1.86 bits per heavy atom. The van der Waals surface area contributed by atoms with Crippen molar-refractivity contribution in [3.8, 4) is 0 Å². The van der Waals surface area contributed by atoms with Gasteiger partial charge in [-0.05, 0) is 44.9 Å². The number of carbonyl (C=O) groups excluding carboxylic acids is 1. The molecule has 0 radical (unpaired) electrons. The number of amides is 1. The molecule has 0 bridgehead atoms. The maximum atomic E-state index is 12.3. The molecule has 2 rings (SSSR count). The summed E-state index contributed by atoms with van der Waals surface area (Å²) in [7, 11) is 0. The van der Waals surface area contributed by atoms with Gasteiger partial charge in [0.1, 0.15) is 0 Å². The molecule has 0 spiro atoms. The van der Waals surface area contributed by atoms with Crippen LogP contribution in [0.4, 0.5) is 0 Å². The Labute approximate surface area is 141 Å². The summed E-state index contributed by atoms with van der Waals surface area (Å²) in [6, 6.07) is 0. The van der Waals surface area contributed by atoms with E-state index in [4.69, 9.17) is 10.5 Å². The average molecular weight is 333 g/mol. The summed E-state index contributed by atoms with van der Waals surface area (Å²) in [4.78, 5) is 12.3. The van der Waals surface area contributed by atoms with Crippen LogP contribution in [-0.4, -0.2) is 30.7 Å². The number of rotatable bonds is 7. The maximum Gasteiger partial charge on any atom is 0.240 e. The Balaban J connectivity index is 0.00000242. The molecule has 1 amide bonds. The second-order valence-corrected chi connectivity index (χ2v) is 6.80. The number of hydrogen-bond acceptors (Lipinski definition) is 3. The molecule has 0 aromatic rings. The summed E-state index contributed by atoms with van der Waals surface area (Å²) in [5.74, 6) is 0.729. The third-order valence-electron chi connectivity index (χ3n) is 5.22. The van der Waals surface area contributed by atoms with Crippen LogP contribution in [0.25, 0.3) is 0 Å². The predicted octanol–water partition coefficient (Wildman–Crippen LogP) is 3.17. The first-order chi connectivity index (χ1) is 10.2. The third-order valence-corrected chi connectivity index (χ3v) is 5.22. The van der Waals surface area contributed by atoms with Gasteiger partial charge in [0.25, 0.3) is 0 Å². The molecule has 0 aromatic heterocycles. The van der Waals surface area contributed by atoms with Crippen molar-refractivity contribution in [1.82, 2.24) is 5.32 Å². The number of nitrogens with two attached hydrogens (primary N) is 1. The zero-order valence-electron chi connectivity index (χ0n) is 13.9. The van der Waals surface area contributed by atoms with Gasteiger partial charge in [0.2, 0.25) is 5.91 Å². The highest BCUT2D eigenvalue weighted by molar-refractivity contribution is 5.86. The first-order valence-electron chi connectivity index (χ1n) is 8.84. The second kappa shape index (κ2) is 9.74. The Bertz CT molecular complexity index is 327. The van der Waals surface area contributed by atoms with Crippen LogP contribution < -0.4 is 11.1 Å². The van der Waals surface area contributed by atoms with Crippen LogP contribution in [0, 0.1) is 5.92 Å². The minimum Gasteiger partial charge on any atom is -0.378 e. The number of carbonyl (C=O) groups is 1. The molecule has 4 nitrogen and oxygen atoms in total. The average Bonchev–Trinajstić information content (AvgIpc) is 3.01. The lowest BCUT2D eigenvalue weighted by atomic mass is 9.82. The van der Waals surface area contributed by atoms with Crippen molar-refractivity contribution >= 4 is 18.3 Å². The number of hydrogen-bond donors (Lipinski definition) is 2. The van der Waals surface area contributed by atoms with Crippen molar-refractivity contribution in [2.75, 3.05) is 13.2 Å². The Kier molecular flexibility index (Phi) is 8.73. The highest BCUT2D eigenvalue weighted by atomic mass is 35.5. The molecule has 0 aliphatic heterocycles. The lowest BCUT2D eigenvalue weighted by Crippen LogP contribution is -2.55. The standard InChI is InChI=1S/C17H32N2O2.ClH/c1-2-21-15(14-8-4-5-9-14)10-13-19-16(20)17(18)11-6-3-7-12-17;/h14-15H,2-13,18H2,1H3,(H,19,20);1H. The van der Waals surface area contributed by atoms with Crippen LogP contribution >= 0.6 is 12.4 Å². The molecule has 5 heteroatoms. The van der Waals surface area contributed by atoms with E-state index in [0.29, 0.717) is 18.6 Å². The van der Waals surface area contributed by atoms with Crippen molar-refractivity contribution < 1.29 is 9.53 Å². The van der Waals surface area contributed by atoms with Crippen molar-refractivity contribution in [2.45, 2.75) is 82.8 Å². The van der Waals surface area contributed by atoms with Gasteiger partial charge in [-0.15, -0.1) is 12.4 Å². The summed E-state index contributed by atoms with van der Waals surface area (Å²) >= 11 is 0. The van der Waals surface area contributed by atoms with Gasteiger partial charge in [0.15, 0.2) is 0 Å². The molecule has 2 aliphatic rings. The highest BCUT2D eigenvalue weighted by Gasteiger charge is 2.35. The largest absolute Gasteiger partial charge is 0.378 e. The molecular formula is C17H33ClN2O2. The zero-order valence-corrected chi connectivity index (χ0v) is 14.8. The molecule has 0 heterocycles. The molecule has 2 saturated carbocycles. The van der Waals surface area contributed by atoms with Crippen LogP contribution in [0.15, 0.2) is 0 Å². The van der Waals surface area contributed by atoms with E-state index >= 15 is 0 Å². The topological polar surface area (TPSA) is 64.3 Å². The second-order valence-electron chi connectivity index (χ2n) is 6.80. The molecule has 1 atom stereocenters. The van der Waals surface area contributed by atoms with Gasteiger partial charge in [-0.1, -0.05) is 32.1 Å². The monoisotopic (exact) mass is 332 g/mol. The summed E-state index contributed by atoms with van der Waals surface area (Å²) in [6.07, 6.45) is 11.4. The van der Waals surface area contributed by atoms with Crippen LogP contribution in [0.1, 0.15) is 71.1 Å². The van der Waals surface area contributed by atoms with Gasteiger partial charge in [-0.25, -0.2) is 0 Å². The first-order valence-corrected chi connectivity index (χ1v) is 8.84. The number of nitrogens with one attached hydrogen (secondary N) is 1. The predicted molar refractivity (Wildman–Crippen MR) is 92.3 cm³/mol. The van der Waals surface area contributed by atoms with Crippen LogP contribution in [0.5, 0.6) is 0 Å². The zero-order chi connectivity index (χ0) is 15.1. The molecule has 3 N–H and O–H groups in total. The normalized spacial score (nSPS) is 22.8. The van der Waals surface area contributed by atoms with Gasteiger partial charge in [-0.3, -0.25) is 4.79 Å². The number of halogens is 1. The molecular weight excluding hydrogens is 300 g/mol. The van der Waals surface area contributed by atoms with Crippen LogP contribution in [0.2, 0.25) is 0 Å². The van der Waals surface area contributed by atoms with Gasteiger partial charge < -0.3 is 15.8 Å². The summed E-state index contributed by atoms with van der Waals surface area (Å²) < 4.78 is 5.90. The SMILES string of the molecule is CCOC(CCNC(=O)C1(N)CCCCC1)C1CCCC1.Cl. The lowest BCUT2D eigenvalue weighted by Gasteiger charge is -2.32. The summed E-state index contributed by atoms with van der Waals surface area (Å²) in [5.41, 5.74) is 5.64. The molecule has 1 unspecified atom stereocenters. The van der Waals surface area contributed by atoms with Crippen molar-refractivity contribution in [3.63, 3.8) is 0 Å². The van der Waals surface area contributed by atoms with Gasteiger partial charge in [0, 0.05) is 13.2 Å². The van der Waals surface area contributed by atoms with Crippen molar-refractivity contribution in [1.29, 1.82) is 0 Å². The maximum absolute atomic E-state index is 12.3. The van der Waals surface area contributed by atoms with E-state index in [1.54, 1.807) is 0 Å². The quantitative estimate of drug-likeness (QED) is 0.752. The molecule has 2 aliphatic carbocycles. The van der Waals surface area contributed by atoms with E-state index in [-0.39, 0.29) is 18.3 Å².